The molecule has 0 aromatic carbocycles. The van der Waals surface area contributed by atoms with Crippen molar-refractivity contribution >= 4 is 11.9 Å². The predicted octanol–water partition coefficient (Wildman–Crippen LogP) is 6.72. The molecule has 0 spiro atoms. The van der Waals surface area contributed by atoms with Gasteiger partial charge in [0.05, 0.1) is 5.76 Å². The number of rotatable bonds is 6. The largest absolute Gasteiger partial charge is 0.491 e. The zero-order chi connectivity index (χ0) is 26.8. The lowest BCUT2D eigenvalue weighted by atomic mass is 9.47. The van der Waals surface area contributed by atoms with Gasteiger partial charge in [-0.1, -0.05) is 32.4 Å². The Hall–Kier alpha value is -1.78. The maximum atomic E-state index is 11.6. The lowest BCUT2D eigenvalue weighted by molar-refractivity contribution is -0.148. The summed E-state index contributed by atoms with van der Waals surface area (Å²) in [6, 6.07) is 0. The van der Waals surface area contributed by atoms with Crippen molar-refractivity contribution in [1.82, 2.24) is 5.32 Å². The van der Waals surface area contributed by atoms with Crippen molar-refractivity contribution in [2.45, 2.75) is 118 Å². The number of hydrogen-bond acceptors (Lipinski definition) is 4. The molecular weight excluding hydrogens is 462 g/mol. The molecule has 1 heterocycles. The number of amides is 1. The topological polar surface area (TPSA) is 64.6 Å². The molecule has 0 unspecified atom stereocenters. The first-order chi connectivity index (χ1) is 17.4. The molecule has 5 nitrogen and oxygen atoms in total. The van der Waals surface area contributed by atoms with E-state index in [0.717, 1.165) is 56.9 Å². The molecule has 0 saturated heterocycles. The average Bonchev–Trinajstić information content (AvgIpc) is 3.22. The van der Waals surface area contributed by atoms with Crippen LogP contribution in [0.4, 0.5) is 0 Å². The number of ether oxygens (including phenoxy) is 2. The van der Waals surface area contributed by atoms with E-state index in [0.29, 0.717) is 23.2 Å². The lowest BCUT2D eigenvalue weighted by Gasteiger charge is -2.58. The normalized spacial score (nSPS) is 43.0. The van der Waals surface area contributed by atoms with Gasteiger partial charge in [-0.05, 0) is 98.9 Å². The number of carbonyl (C=O) groups is 2. The zero-order valence-electron chi connectivity index (χ0n) is 24.2. The number of allylic oxidation sites excluding steroid dienone is 2. The summed E-state index contributed by atoms with van der Waals surface area (Å²) >= 11 is 0. The van der Waals surface area contributed by atoms with Crippen LogP contribution in [0.1, 0.15) is 106 Å². The smallest absolute Gasteiger partial charge is 0.302 e. The molecule has 206 valence electrons. The maximum absolute atomic E-state index is 11.6. The van der Waals surface area contributed by atoms with E-state index >= 15 is 0 Å². The van der Waals surface area contributed by atoms with E-state index < -0.39 is 0 Å². The molecule has 5 aliphatic rings. The highest BCUT2D eigenvalue weighted by Crippen LogP contribution is 2.71. The maximum Gasteiger partial charge on any atom is 0.302 e. The Kier molecular flexibility index (Phi) is 6.85. The Morgan fingerprint density at radius 3 is 2.62 bits per heavy atom. The Morgan fingerprint density at radius 2 is 1.92 bits per heavy atom. The van der Waals surface area contributed by atoms with Crippen LogP contribution in [0.3, 0.4) is 0 Å². The highest BCUT2D eigenvalue weighted by atomic mass is 16.5. The van der Waals surface area contributed by atoms with Crippen molar-refractivity contribution in [3.8, 4) is 0 Å². The molecular formula is C32H49NO4. The van der Waals surface area contributed by atoms with Gasteiger partial charge in [0.2, 0.25) is 5.91 Å². The van der Waals surface area contributed by atoms with E-state index in [1.807, 2.05) is 0 Å². The second-order valence-corrected chi connectivity index (χ2v) is 14.0. The zero-order valence-corrected chi connectivity index (χ0v) is 24.2. The summed E-state index contributed by atoms with van der Waals surface area (Å²) in [6.45, 7) is 15.9. The fourth-order valence-corrected chi connectivity index (χ4v) is 9.93. The van der Waals surface area contributed by atoms with Gasteiger partial charge in [-0.25, -0.2) is 0 Å². The van der Waals surface area contributed by atoms with E-state index in [9.17, 15) is 9.59 Å². The van der Waals surface area contributed by atoms with Crippen molar-refractivity contribution in [2.24, 2.45) is 40.4 Å². The molecule has 4 aliphatic carbocycles. The van der Waals surface area contributed by atoms with Crippen molar-refractivity contribution in [1.29, 1.82) is 0 Å². The third-order valence-electron chi connectivity index (χ3n) is 11.5. The molecule has 0 aromatic heterocycles. The van der Waals surface area contributed by atoms with Crippen LogP contribution in [0.2, 0.25) is 0 Å². The molecule has 1 aliphatic heterocycles. The first-order valence-corrected chi connectivity index (χ1v) is 14.9. The van der Waals surface area contributed by atoms with Crippen LogP contribution >= 0.6 is 0 Å². The van der Waals surface area contributed by atoms with Crippen molar-refractivity contribution in [2.75, 3.05) is 6.54 Å². The Morgan fingerprint density at radius 1 is 1.16 bits per heavy atom. The quantitative estimate of drug-likeness (QED) is 0.317. The van der Waals surface area contributed by atoms with Gasteiger partial charge in [0.1, 0.15) is 11.7 Å². The third kappa shape index (κ3) is 4.46. The Bertz CT molecular complexity index is 1010. The van der Waals surface area contributed by atoms with Gasteiger partial charge in [-0.2, -0.15) is 0 Å². The van der Waals surface area contributed by atoms with Crippen LogP contribution < -0.4 is 5.32 Å². The molecule has 9 atom stereocenters. The number of carbonyl (C=O) groups excluding carboxylic acids is 2. The first-order valence-electron chi connectivity index (χ1n) is 14.9. The van der Waals surface area contributed by atoms with Gasteiger partial charge in [-0.3, -0.25) is 9.59 Å². The highest BCUT2D eigenvalue weighted by molar-refractivity contribution is 5.72. The van der Waals surface area contributed by atoms with E-state index in [-0.39, 0.29) is 29.0 Å². The van der Waals surface area contributed by atoms with Gasteiger partial charge < -0.3 is 14.8 Å². The van der Waals surface area contributed by atoms with E-state index in [2.05, 4.69) is 46.0 Å². The summed E-state index contributed by atoms with van der Waals surface area (Å²) in [5, 5.41) is 2.96. The summed E-state index contributed by atoms with van der Waals surface area (Å²) in [7, 11) is 0. The molecule has 5 rings (SSSR count). The van der Waals surface area contributed by atoms with Crippen LogP contribution in [-0.4, -0.2) is 30.1 Å². The number of esters is 1. The monoisotopic (exact) mass is 511 g/mol. The summed E-state index contributed by atoms with van der Waals surface area (Å²) in [6.07, 6.45) is 12.6. The van der Waals surface area contributed by atoms with Gasteiger partial charge in [-0.15, -0.1) is 0 Å². The molecule has 37 heavy (non-hydrogen) atoms. The number of fused-ring (bicyclic) bond motifs is 7. The summed E-state index contributed by atoms with van der Waals surface area (Å²) in [4.78, 5) is 22.9. The molecule has 3 fully saturated rings. The molecule has 1 amide bonds. The minimum absolute atomic E-state index is 0.0481. The van der Waals surface area contributed by atoms with Crippen LogP contribution in [0.25, 0.3) is 0 Å². The number of hydrogen-bond donors (Lipinski definition) is 1. The summed E-state index contributed by atoms with van der Waals surface area (Å²) < 4.78 is 12.5. The van der Waals surface area contributed by atoms with E-state index in [4.69, 9.17) is 9.47 Å². The molecule has 0 bridgehead atoms. The fraction of sp³-hybridized carbons (Fsp3) is 0.812. The van der Waals surface area contributed by atoms with Crippen molar-refractivity contribution in [3.05, 3.63) is 23.0 Å². The molecule has 5 heteroatoms. The summed E-state index contributed by atoms with van der Waals surface area (Å²) in [5.74, 6) is 4.22. The summed E-state index contributed by atoms with van der Waals surface area (Å²) in [5.41, 5.74) is 3.51. The fourth-order valence-electron chi connectivity index (χ4n) is 9.93. The Balaban J connectivity index is 1.32. The van der Waals surface area contributed by atoms with Crippen LogP contribution in [0, 0.1) is 40.4 Å². The van der Waals surface area contributed by atoms with Gasteiger partial charge in [0, 0.05) is 39.2 Å². The highest BCUT2D eigenvalue weighted by Gasteiger charge is 2.67. The van der Waals surface area contributed by atoms with Crippen LogP contribution in [-0.2, 0) is 19.1 Å². The minimum atomic E-state index is -0.146. The van der Waals surface area contributed by atoms with Gasteiger partial charge >= 0.3 is 5.97 Å². The van der Waals surface area contributed by atoms with Gasteiger partial charge in [0.25, 0.3) is 0 Å². The standard InChI is InChI=1S/C32H49NO4/c1-19(18-33-21(3)34)8-11-28-20(2)29-31(6)15-13-26-25(27(31)17-32(29,7)37-28)10-9-23-16-24(36-22(4)35)12-14-30(23,26)5/h9,19,24-27,29H,8,10-18H2,1-7H3,(H,33,34)/t19-,24-,25-,26+,27-,29+,30+,31+,32+/m1/s1. The lowest BCUT2D eigenvalue weighted by Crippen LogP contribution is -2.50. The molecule has 0 aromatic rings. The molecule has 1 N–H and O–H groups in total. The Labute approximate surface area is 224 Å². The minimum Gasteiger partial charge on any atom is -0.491 e. The number of nitrogens with one attached hydrogen (secondary N) is 1. The van der Waals surface area contributed by atoms with E-state index in [1.165, 1.54) is 37.5 Å². The third-order valence-corrected chi connectivity index (χ3v) is 11.5. The van der Waals surface area contributed by atoms with Crippen molar-refractivity contribution in [3.63, 3.8) is 0 Å². The second-order valence-electron chi connectivity index (χ2n) is 14.0. The molecule has 0 radical (unpaired) electrons. The van der Waals surface area contributed by atoms with Crippen LogP contribution in [0.15, 0.2) is 23.0 Å². The second kappa shape index (κ2) is 9.45. The SMILES string of the molecule is CC(=O)NC[C@H](C)CCC1=C(C)[C@H]2[C@@]3(C)CC[C@H]4[C@@H](CC=C5C[C@H](OC(C)=O)CC[C@@]54C)[C@H]3C[C@]2(C)O1. The van der Waals surface area contributed by atoms with Gasteiger partial charge in [0.15, 0.2) is 0 Å². The van der Waals surface area contributed by atoms with Crippen LogP contribution in [0.5, 0.6) is 0 Å². The van der Waals surface area contributed by atoms with Crippen molar-refractivity contribution < 1.29 is 19.1 Å². The van der Waals surface area contributed by atoms with E-state index in [1.54, 1.807) is 12.5 Å². The molecule has 3 saturated carbocycles. The average molecular weight is 512 g/mol. The predicted molar refractivity (Wildman–Crippen MR) is 145 cm³/mol. The first kappa shape index (κ1) is 26.8.